The van der Waals surface area contributed by atoms with Crippen molar-refractivity contribution in [2.75, 3.05) is 6.61 Å². The Balaban J connectivity index is 2.42. The summed E-state index contributed by atoms with van der Waals surface area (Å²) in [5, 5.41) is 19.5. The van der Waals surface area contributed by atoms with Crippen LogP contribution in [0.5, 0.6) is 0 Å². The second-order valence-electron chi connectivity index (χ2n) is 3.08. The van der Waals surface area contributed by atoms with Gasteiger partial charge in [0.05, 0.1) is 13.2 Å². The molecule has 1 aromatic heterocycles. The standard InChI is InChI=1S/C9H8F2N4O/c10-7-2-1-6(5-8(7)11)9-12-13-14-15(9)3-4-16/h1-2,5,16H,3-4H2. The Morgan fingerprint density at radius 2 is 2.06 bits per heavy atom. The largest absolute Gasteiger partial charge is 0.394 e. The summed E-state index contributed by atoms with van der Waals surface area (Å²) in [6.07, 6.45) is 0. The molecule has 0 unspecified atom stereocenters. The van der Waals surface area contributed by atoms with E-state index in [1.807, 2.05) is 0 Å². The molecule has 1 heterocycles. The van der Waals surface area contributed by atoms with Crippen LogP contribution in [0.3, 0.4) is 0 Å². The number of rotatable bonds is 3. The van der Waals surface area contributed by atoms with E-state index in [1.165, 1.54) is 10.7 Å². The fourth-order valence-corrected chi connectivity index (χ4v) is 1.29. The number of nitrogens with zero attached hydrogens (tertiary/aromatic N) is 4. The number of benzene rings is 1. The summed E-state index contributed by atoms with van der Waals surface area (Å²) in [5.74, 6) is -1.60. The van der Waals surface area contributed by atoms with Crippen LogP contribution in [0.2, 0.25) is 0 Å². The number of hydrogen-bond acceptors (Lipinski definition) is 4. The summed E-state index contributed by atoms with van der Waals surface area (Å²) in [4.78, 5) is 0. The summed E-state index contributed by atoms with van der Waals surface area (Å²) >= 11 is 0. The fourth-order valence-electron chi connectivity index (χ4n) is 1.29. The van der Waals surface area contributed by atoms with E-state index in [1.54, 1.807) is 0 Å². The highest BCUT2D eigenvalue weighted by Gasteiger charge is 2.11. The van der Waals surface area contributed by atoms with Crippen molar-refractivity contribution >= 4 is 0 Å². The first-order valence-electron chi connectivity index (χ1n) is 4.55. The number of tetrazole rings is 1. The predicted molar refractivity (Wildman–Crippen MR) is 50.3 cm³/mol. The van der Waals surface area contributed by atoms with E-state index in [2.05, 4.69) is 15.5 Å². The van der Waals surface area contributed by atoms with Crippen molar-refractivity contribution in [2.45, 2.75) is 6.54 Å². The number of halogens is 2. The number of aromatic nitrogens is 4. The van der Waals surface area contributed by atoms with E-state index in [4.69, 9.17) is 5.11 Å². The maximum absolute atomic E-state index is 13.0. The van der Waals surface area contributed by atoms with Gasteiger partial charge in [0.1, 0.15) is 0 Å². The summed E-state index contributed by atoms with van der Waals surface area (Å²) < 4.78 is 27.0. The lowest BCUT2D eigenvalue weighted by molar-refractivity contribution is 0.269. The van der Waals surface area contributed by atoms with Crippen LogP contribution >= 0.6 is 0 Å². The zero-order valence-corrected chi connectivity index (χ0v) is 8.14. The molecule has 7 heteroatoms. The van der Waals surface area contributed by atoms with Crippen LogP contribution in [0.15, 0.2) is 18.2 Å². The van der Waals surface area contributed by atoms with Crippen LogP contribution in [-0.2, 0) is 6.54 Å². The summed E-state index contributed by atoms with van der Waals surface area (Å²) in [6, 6.07) is 3.38. The van der Waals surface area contributed by atoms with Crippen LogP contribution in [0, 0.1) is 11.6 Å². The topological polar surface area (TPSA) is 63.8 Å². The van der Waals surface area contributed by atoms with E-state index >= 15 is 0 Å². The minimum absolute atomic E-state index is 0.137. The molecular weight excluding hydrogens is 218 g/mol. The molecule has 16 heavy (non-hydrogen) atoms. The highest BCUT2D eigenvalue weighted by molar-refractivity contribution is 5.54. The Labute approximate surface area is 89.3 Å². The monoisotopic (exact) mass is 226 g/mol. The van der Waals surface area contributed by atoms with Gasteiger partial charge >= 0.3 is 0 Å². The second-order valence-corrected chi connectivity index (χ2v) is 3.08. The average molecular weight is 226 g/mol. The van der Waals surface area contributed by atoms with E-state index in [0.717, 1.165) is 12.1 Å². The normalized spacial score (nSPS) is 10.7. The fraction of sp³-hybridized carbons (Fsp3) is 0.222. The Hall–Kier alpha value is -1.89. The highest BCUT2D eigenvalue weighted by atomic mass is 19.2. The van der Waals surface area contributed by atoms with Gasteiger partial charge in [0, 0.05) is 5.56 Å². The van der Waals surface area contributed by atoms with Gasteiger partial charge in [-0.1, -0.05) is 0 Å². The van der Waals surface area contributed by atoms with Crippen LogP contribution in [-0.4, -0.2) is 31.9 Å². The molecule has 0 radical (unpaired) electrons. The van der Waals surface area contributed by atoms with Crippen LogP contribution in [0.25, 0.3) is 11.4 Å². The third-order valence-electron chi connectivity index (χ3n) is 2.02. The van der Waals surface area contributed by atoms with Crippen molar-refractivity contribution in [2.24, 2.45) is 0 Å². The minimum Gasteiger partial charge on any atom is -0.394 e. The van der Waals surface area contributed by atoms with Gasteiger partial charge in [-0.3, -0.25) is 0 Å². The Morgan fingerprint density at radius 3 is 2.75 bits per heavy atom. The molecule has 1 N–H and O–H groups in total. The minimum atomic E-state index is -0.962. The zero-order valence-electron chi connectivity index (χ0n) is 8.14. The molecule has 1 aromatic carbocycles. The molecule has 0 amide bonds. The van der Waals surface area contributed by atoms with Crippen LogP contribution in [0.4, 0.5) is 8.78 Å². The van der Waals surface area contributed by atoms with E-state index in [-0.39, 0.29) is 19.0 Å². The molecular formula is C9H8F2N4O. The smallest absolute Gasteiger partial charge is 0.182 e. The van der Waals surface area contributed by atoms with Crippen LogP contribution < -0.4 is 0 Å². The van der Waals surface area contributed by atoms with Crippen molar-refractivity contribution < 1.29 is 13.9 Å². The molecule has 0 aliphatic rings. The van der Waals surface area contributed by atoms with Crippen molar-refractivity contribution in [1.82, 2.24) is 20.2 Å². The van der Waals surface area contributed by atoms with Gasteiger partial charge in [-0.2, -0.15) is 0 Å². The summed E-state index contributed by atoms with van der Waals surface area (Å²) in [6.45, 7) is 0.0586. The lowest BCUT2D eigenvalue weighted by Crippen LogP contribution is -2.06. The van der Waals surface area contributed by atoms with Gasteiger partial charge in [0.25, 0.3) is 0 Å². The summed E-state index contributed by atoms with van der Waals surface area (Å²) in [5.41, 5.74) is 0.359. The lowest BCUT2D eigenvalue weighted by Gasteiger charge is -2.02. The molecule has 0 saturated heterocycles. The number of aliphatic hydroxyl groups is 1. The van der Waals surface area contributed by atoms with Crippen molar-refractivity contribution in [3.8, 4) is 11.4 Å². The Morgan fingerprint density at radius 1 is 1.25 bits per heavy atom. The second kappa shape index (κ2) is 4.31. The maximum Gasteiger partial charge on any atom is 0.182 e. The molecule has 84 valence electrons. The van der Waals surface area contributed by atoms with Gasteiger partial charge in [-0.05, 0) is 28.6 Å². The average Bonchev–Trinajstić information content (AvgIpc) is 2.71. The van der Waals surface area contributed by atoms with E-state index in [0.29, 0.717) is 5.56 Å². The first-order valence-corrected chi connectivity index (χ1v) is 4.55. The number of aliphatic hydroxyl groups excluding tert-OH is 1. The zero-order chi connectivity index (χ0) is 11.5. The highest BCUT2D eigenvalue weighted by Crippen LogP contribution is 2.18. The molecule has 0 bridgehead atoms. The third kappa shape index (κ3) is 1.89. The van der Waals surface area contributed by atoms with Gasteiger partial charge < -0.3 is 5.11 Å². The van der Waals surface area contributed by atoms with Crippen LogP contribution in [0.1, 0.15) is 0 Å². The van der Waals surface area contributed by atoms with Gasteiger partial charge in [-0.25, -0.2) is 13.5 Å². The van der Waals surface area contributed by atoms with Gasteiger partial charge in [0.2, 0.25) is 0 Å². The van der Waals surface area contributed by atoms with Gasteiger partial charge in [0.15, 0.2) is 17.5 Å². The van der Waals surface area contributed by atoms with Crippen molar-refractivity contribution in [3.63, 3.8) is 0 Å². The molecule has 0 saturated carbocycles. The third-order valence-corrected chi connectivity index (χ3v) is 2.02. The number of hydrogen-bond donors (Lipinski definition) is 1. The molecule has 0 spiro atoms. The summed E-state index contributed by atoms with van der Waals surface area (Å²) in [7, 11) is 0. The first-order chi connectivity index (χ1) is 7.72. The lowest BCUT2D eigenvalue weighted by atomic mass is 10.2. The Kier molecular flexibility index (Phi) is 2.86. The molecule has 0 atom stereocenters. The van der Waals surface area contributed by atoms with E-state index < -0.39 is 11.6 Å². The molecule has 2 aromatic rings. The molecule has 5 nitrogen and oxygen atoms in total. The SMILES string of the molecule is OCCn1nnnc1-c1ccc(F)c(F)c1. The molecule has 0 aliphatic carbocycles. The molecule has 2 rings (SSSR count). The predicted octanol–water partition coefficient (Wildman–Crippen LogP) is 0.611. The van der Waals surface area contributed by atoms with Crippen molar-refractivity contribution in [3.05, 3.63) is 29.8 Å². The van der Waals surface area contributed by atoms with Crippen molar-refractivity contribution in [1.29, 1.82) is 0 Å². The molecule has 0 fully saturated rings. The quantitative estimate of drug-likeness (QED) is 0.832. The maximum atomic E-state index is 13.0. The first kappa shape index (κ1) is 10.6. The van der Waals surface area contributed by atoms with E-state index in [9.17, 15) is 8.78 Å². The Bertz CT molecular complexity index is 500. The van der Waals surface area contributed by atoms with Gasteiger partial charge in [-0.15, -0.1) is 5.10 Å². The molecule has 0 aliphatic heterocycles.